The molecular formula is C21H20F2O4. The highest BCUT2D eigenvalue weighted by molar-refractivity contribution is 6.00. The molecule has 0 N–H and O–H groups in total. The zero-order valence-corrected chi connectivity index (χ0v) is 15.0. The van der Waals surface area contributed by atoms with Crippen molar-refractivity contribution in [3.05, 3.63) is 65.2 Å². The minimum atomic E-state index is -0.875. The van der Waals surface area contributed by atoms with Gasteiger partial charge in [0.2, 0.25) is 5.78 Å². The number of halogens is 2. The van der Waals surface area contributed by atoms with Gasteiger partial charge in [0.15, 0.2) is 6.61 Å². The normalized spacial score (nSPS) is 15.4. The first kappa shape index (κ1) is 19.0. The van der Waals surface area contributed by atoms with Crippen LogP contribution in [0.2, 0.25) is 0 Å². The van der Waals surface area contributed by atoms with Gasteiger partial charge in [-0.1, -0.05) is 25.0 Å². The number of esters is 1. The predicted molar refractivity (Wildman–Crippen MR) is 94.8 cm³/mol. The van der Waals surface area contributed by atoms with Crippen LogP contribution in [0.25, 0.3) is 0 Å². The molecule has 0 atom stereocenters. The average molecular weight is 374 g/mol. The van der Waals surface area contributed by atoms with Gasteiger partial charge in [-0.15, -0.1) is 0 Å². The average Bonchev–Trinajstić information content (AvgIpc) is 3.17. The molecule has 0 aliphatic heterocycles. The maximum atomic E-state index is 13.5. The maximum absolute atomic E-state index is 13.5. The number of benzene rings is 2. The van der Waals surface area contributed by atoms with Gasteiger partial charge in [0.05, 0.1) is 18.1 Å². The van der Waals surface area contributed by atoms with Gasteiger partial charge >= 0.3 is 5.97 Å². The van der Waals surface area contributed by atoms with Crippen LogP contribution in [0.4, 0.5) is 8.78 Å². The monoisotopic (exact) mass is 374 g/mol. The molecule has 0 saturated heterocycles. The summed E-state index contributed by atoms with van der Waals surface area (Å²) in [6.45, 7) is -0.512. The highest BCUT2D eigenvalue weighted by Crippen LogP contribution is 2.42. The molecule has 27 heavy (non-hydrogen) atoms. The molecule has 0 bridgehead atoms. The number of methoxy groups -OCH3 is 1. The second-order valence-electron chi connectivity index (χ2n) is 6.64. The van der Waals surface area contributed by atoms with Gasteiger partial charge in [0.1, 0.15) is 17.4 Å². The van der Waals surface area contributed by atoms with Crippen LogP contribution in [0, 0.1) is 11.6 Å². The van der Waals surface area contributed by atoms with Crippen molar-refractivity contribution in [2.24, 2.45) is 0 Å². The van der Waals surface area contributed by atoms with Crippen LogP contribution in [0.15, 0.2) is 42.5 Å². The molecule has 0 amide bonds. The van der Waals surface area contributed by atoms with Crippen LogP contribution in [0.3, 0.4) is 0 Å². The third kappa shape index (κ3) is 3.84. The smallest absolute Gasteiger partial charge is 0.317 e. The van der Waals surface area contributed by atoms with Crippen LogP contribution in [0.1, 0.15) is 41.6 Å². The number of hydrogen-bond acceptors (Lipinski definition) is 4. The highest BCUT2D eigenvalue weighted by atomic mass is 19.1. The molecule has 2 aromatic rings. The van der Waals surface area contributed by atoms with Gasteiger partial charge in [-0.05, 0) is 48.7 Å². The summed E-state index contributed by atoms with van der Waals surface area (Å²) in [6.07, 6.45) is 2.85. The number of carbonyl (C=O) groups excluding carboxylic acids is 2. The van der Waals surface area contributed by atoms with Gasteiger partial charge in [-0.2, -0.15) is 0 Å². The number of hydrogen-bond donors (Lipinski definition) is 0. The fraction of sp³-hybridized carbons (Fsp3) is 0.333. The number of rotatable bonds is 6. The van der Waals surface area contributed by atoms with Gasteiger partial charge in [-0.3, -0.25) is 9.59 Å². The summed E-state index contributed by atoms with van der Waals surface area (Å²) in [5.41, 5.74) is -0.172. The summed E-state index contributed by atoms with van der Waals surface area (Å²) < 4.78 is 37.1. The lowest BCUT2D eigenvalue weighted by Gasteiger charge is -2.27. The first-order valence-corrected chi connectivity index (χ1v) is 8.76. The zero-order chi connectivity index (χ0) is 19.4. The van der Waals surface area contributed by atoms with E-state index >= 15 is 0 Å². The highest BCUT2D eigenvalue weighted by Gasteiger charge is 2.44. The Labute approximate surface area is 156 Å². The molecular weight excluding hydrogens is 354 g/mol. The van der Waals surface area contributed by atoms with E-state index in [4.69, 9.17) is 9.47 Å². The summed E-state index contributed by atoms with van der Waals surface area (Å²) in [5.74, 6) is -1.81. The van der Waals surface area contributed by atoms with Crippen LogP contribution in [-0.4, -0.2) is 25.5 Å². The summed E-state index contributed by atoms with van der Waals surface area (Å²) in [6, 6.07) is 9.38. The summed E-state index contributed by atoms with van der Waals surface area (Å²) in [7, 11) is 1.37. The van der Waals surface area contributed by atoms with E-state index in [1.165, 1.54) is 31.4 Å². The minimum Gasteiger partial charge on any atom is -0.496 e. The third-order valence-electron chi connectivity index (χ3n) is 5.04. The molecule has 6 heteroatoms. The minimum absolute atomic E-state index is 0.0209. The lowest BCUT2D eigenvalue weighted by molar-refractivity contribution is -0.149. The maximum Gasteiger partial charge on any atom is 0.317 e. The summed E-state index contributed by atoms with van der Waals surface area (Å²) in [5, 5.41) is 0. The molecule has 0 heterocycles. The van der Waals surface area contributed by atoms with Crippen molar-refractivity contribution < 1.29 is 27.8 Å². The molecule has 142 valence electrons. The van der Waals surface area contributed by atoms with Crippen molar-refractivity contribution >= 4 is 11.8 Å². The van der Waals surface area contributed by atoms with Crippen molar-refractivity contribution in [3.63, 3.8) is 0 Å². The topological polar surface area (TPSA) is 52.6 Å². The van der Waals surface area contributed by atoms with E-state index < -0.39 is 29.6 Å². The van der Waals surface area contributed by atoms with Crippen molar-refractivity contribution in [3.8, 4) is 5.75 Å². The van der Waals surface area contributed by atoms with E-state index in [1.54, 1.807) is 12.1 Å². The molecule has 0 aromatic heterocycles. The Morgan fingerprint density at radius 1 is 1.00 bits per heavy atom. The molecule has 2 aromatic carbocycles. The van der Waals surface area contributed by atoms with E-state index in [9.17, 15) is 18.4 Å². The second-order valence-corrected chi connectivity index (χ2v) is 6.64. The van der Waals surface area contributed by atoms with Crippen molar-refractivity contribution in [1.82, 2.24) is 0 Å². The van der Waals surface area contributed by atoms with Crippen molar-refractivity contribution in [1.29, 1.82) is 0 Å². The summed E-state index contributed by atoms with van der Waals surface area (Å²) in [4.78, 5) is 25.2. The quantitative estimate of drug-likeness (QED) is 0.561. The molecule has 4 nitrogen and oxygen atoms in total. The molecule has 1 saturated carbocycles. The Morgan fingerprint density at radius 3 is 2.26 bits per heavy atom. The van der Waals surface area contributed by atoms with Crippen molar-refractivity contribution in [2.75, 3.05) is 13.7 Å². The lowest BCUT2D eigenvalue weighted by Crippen LogP contribution is -2.36. The SMILES string of the molecule is COc1ccc(F)cc1C(=O)COC(=O)C1(c2ccc(F)cc2)CCCC1. The van der Waals surface area contributed by atoms with Crippen LogP contribution in [0.5, 0.6) is 5.75 Å². The van der Waals surface area contributed by atoms with Crippen molar-refractivity contribution in [2.45, 2.75) is 31.1 Å². The van der Waals surface area contributed by atoms with E-state index in [2.05, 4.69) is 0 Å². The van der Waals surface area contributed by atoms with Crippen LogP contribution < -0.4 is 4.74 Å². The summed E-state index contributed by atoms with van der Waals surface area (Å²) >= 11 is 0. The molecule has 1 aliphatic carbocycles. The molecule has 0 unspecified atom stereocenters. The van der Waals surface area contributed by atoms with E-state index in [0.29, 0.717) is 18.4 Å². The fourth-order valence-corrected chi connectivity index (χ4v) is 3.60. The van der Waals surface area contributed by atoms with Crippen LogP contribution >= 0.6 is 0 Å². The van der Waals surface area contributed by atoms with Crippen LogP contribution in [-0.2, 0) is 14.9 Å². The molecule has 1 aliphatic rings. The fourth-order valence-electron chi connectivity index (χ4n) is 3.60. The number of ether oxygens (including phenoxy) is 2. The second kappa shape index (κ2) is 7.86. The Morgan fingerprint density at radius 2 is 1.63 bits per heavy atom. The number of Topliss-reactive ketones (excluding diaryl/α,β-unsaturated/α-hetero) is 1. The van der Waals surface area contributed by atoms with E-state index in [-0.39, 0.29) is 17.1 Å². The molecule has 0 spiro atoms. The molecule has 1 fully saturated rings. The molecule has 3 rings (SSSR count). The predicted octanol–water partition coefficient (Wildman–Crippen LogP) is 4.21. The Hall–Kier alpha value is -2.76. The largest absolute Gasteiger partial charge is 0.496 e. The zero-order valence-electron chi connectivity index (χ0n) is 15.0. The molecule has 0 radical (unpaired) electrons. The first-order chi connectivity index (χ1) is 13.0. The lowest BCUT2D eigenvalue weighted by atomic mass is 9.79. The Bertz CT molecular complexity index is 840. The Balaban J connectivity index is 1.76. The first-order valence-electron chi connectivity index (χ1n) is 8.76. The van der Waals surface area contributed by atoms with Gasteiger partial charge < -0.3 is 9.47 Å². The Kier molecular flexibility index (Phi) is 5.54. The van der Waals surface area contributed by atoms with E-state index in [1.807, 2.05) is 0 Å². The van der Waals surface area contributed by atoms with Gasteiger partial charge in [0.25, 0.3) is 0 Å². The number of ketones is 1. The number of carbonyl (C=O) groups is 2. The van der Waals surface area contributed by atoms with Gasteiger partial charge in [-0.25, -0.2) is 8.78 Å². The third-order valence-corrected chi connectivity index (χ3v) is 5.04. The van der Waals surface area contributed by atoms with E-state index in [0.717, 1.165) is 18.9 Å². The standard InChI is InChI=1S/C21H20F2O4/c1-26-19-9-8-16(23)12-17(19)18(24)13-27-20(25)21(10-2-3-11-21)14-4-6-15(22)7-5-14/h4-9,12H,2-3,10-11,13H2,1H3. The van der Waals surface area contributed by atoms with Gasteiger partial charge in [0, 0.05) is 0 Å².